The van der Waals surface area contributed by atoms with E-state index in [1.165, 1.54) is 25.7 Å². The molecule has 1 saturated heterocycles. The fourth-order valence-corrected chi connectivity index (χ4v) is 2.42. The zero-order chi connectivity index (χ0) is 9.10. The van der Waals surface area contributed by atoms with Gasteiger partial charge in [0.2, 0.25) is 0 Å². The van der Waals surface area contributed by atoms with Gasteiger partial charge in [-0.25, -0.2) is 4.98 Å². The molecular formula is C9H15N3S. The number of nitrogens with zero attached hydrogens (tertiary/aromatic N) is 2. The van der Waals surface area contributed by atoms with E-state index in [1.54, 1.807) is 17.5 Å². The highest BCUT2D eigenvalue weighted by atomic mass is 32.1. The van der Waals surface area contributed by atoms with Crippen LogP contribution in [0.4, 0.5) is 10.1 Å². The lowest BCUT2D eigenvalue weighted by molar-refractivity contribution is 0.726. The summed E-state index contributed by atoms with van der Waals surface area (Å²) in [5.74, 6) is 0. The van der Waals surface area contributed by atoms with Crippen molar-refractivity contribution >= 4 is 21.5 Å². The maximum Gasteiger partial charge on any atom is 0.187 e. The van der Waals surface area contributed by atoms with E-state index < -0.39 is 0 Å². The Bertz CT molecular complexity index is 264. The van der Waals surface area contributed by atoms with Crippen LogP contribution in [0.25, 0.3) is 0 Å². The summed E-state index contributed by atoms with van der Waals surface area (Å²) in [7, 11) is 0. The Morgan fingerprint density at radius 1 is 1.23 bits per heavy atom. The molecule has 2 rings (SSSR count). The van der Waals surface area contributed by atoms with Crippen molar-refractivity contribution in [1.29, 1.82) is 0 Å². The topological polar surface area (TPSA) is 42.1 Å². The standard InChI is InChI=1S/C9H15N3S/c10-8-7-11-9(13-8)12-5-3-1-2-4-6-12/h7H,1-6,10H2. The first-order valence-electron chi connectivity index (χ1n) is 4.82. The van der Waals surface area contributed by atoms with Gasteiger partial charge in [-0.1, -0.05) is 24.2 Å². The maximum absolute atomic E-state index is 5.65. The molecule has 3 nitrogen and oxygen atoms in total. The van der Waals surface area contributed by atoms with Crippen LogP contribution < -0.4 is 10.6 Å². The molecule has 0 aromatic carbocycles. The number of hydrogen-bond donors (Lipinski definition) is 1. The second-order valence-electron chi connectivity index (χ2n) is 3.45. The fraction of sp³-hybridized carbons (Fsp3) is 0.667. The van der Waals surface area contributed by atoms with Gasteiger partial charge in [-0.2, -0.15) is 0 Å². The molecule has 0 amide bonds. The molecule has 0 bridgehead atoms. The van der Waals surface area contributed by atoms with Gasteiger partial charge in [-0.3, -0.25) is 0 Å². The summed E-state index contributed by atoms with van der Waals surface area (Å²) in [6.45, 7) is 2.29. The Morgan fingerprint density at radius 2 is 1.92 bits per heavy atom. The lowest BCUT2D eigenvalue weighted by atomic mass is 10.2. The summed E-state index contributed by atoms with van der Waals surface area (Å²) in [6.07, 6.45) is 7.05. The minimum absolute atomic E-state index is 0.819. The molecule has 4 heteroatoms. The van der Waals surface area contributed by atoms with E-state index in [-0.39, 0.29) is 0 Å². The molecule has 0 spiro atoms. The van der Waals surface area contributed by atoms with Crippen molar-refractivity contribution in [2.45, 2.75) is 25.7 Å². The van der Waals surface area contributed by atoms with Crippen molar-refractivity contribution in [1.82, 2.24) is 4.98 Å². The summed E-state index contributed by atoms with van der Waals surface area (Å²) in [5.41, 5.74) is 5.65. The van der Waals surface area contributed by atoms with E-state index in [0.29, 0.717) is 0 Å². The summed E-state index contributed by atoms with van der Waals surface area (Å²) < 4.78 is 0. The molecule has 0 unspecified atom stereocenters. The number of thiazole rings is 1. The van der Waals surface area contributed by atoms with Gasteiger partial charge in [0.15, 0.2) is 5.13 Å². The molecule has 13 heavy (non-hydrogen) atoms. The van der Waals surface area contributed by atoms with Gasteiger partial charge in [-0.15, -0.1) is 0 Å². The second-order valence-corrected chi connectivity index (χ2v) is 4.49. The van der Waals surface area contributed by atoms with Gasteiger partial charge < -0.3 is 10.6 Å². The van der Waals surface area contributed by atoms with Crippen molar-refractivity contribution in [2.24, 2.45) is 0 Å². The highest BCUT2D eigenvalue weighted by Gasteiger charge is 2.12. The van der Waals surface area contributed by atoms with E-state index in [0.717, 1.165) is 23.2 Å². The lowest BCUT2D eigenvalue weighted by Gasteiger charge is -2.18. The Hall–Kier alpha value is -0.770. The molecular weight excluding hydrogens is 182 g/mol. The van der Waals surface area contributed by atoms with Crippen molar-refractivity contribution in [2.75, 3.05) is 23.7 Å². The molecule has 1 aliphatic rings. The monoisotopic (exact) mass is 197 g/mol. The minimum Gasteiger partial charge on any atom is -0.389 e. The molecule has 0 aliphatic carbocycles. The zero-order valence-corrected chi connectivity index (χ0v) is 8.52. The van der Waals surface area contributed by atoms with Crippen LogP contribution in [0.15, 0.2) is 6.20 Å². The van der Waals surface area contributed by atoms with E-state index in [9.17, 15) is 0 Å². The Kier molecular flexibility index (Phi) is 2.68. The molecule has 72 valence electrons. The molecule has 2 heterocycles. The normalized spacial score (nSPS) is 18.6. The van der Waals surface area contributed by atoms with Gasteiger partial charge in [0, 0.05) is 13.1 Å². The summed E-state index contributed by atoms with van der Waals surface area (Å²) in [4.78, 5) is 6.66. The van der Waals surface area contributed by atoms with Crippen LogP contribution in [-0.2, 0) is 0 Å². The highest BCUT2D eigenvalue weighted by Crippen LogP contribution is 2.26. The van der Waals surface area contributed by atoms with Crippen LogP contribution in [0.1, 0.15) is 25.7 Å². The molecule has 0 saturated carbocycles. The Labute approximate surface area is 82.6 Å². The van der Waals surface area contributed by atoms with Crippen molar-refractivity contribution in [3.63, 3.8) is 0 Å². The molecule has 0 atom stereocenters. The molecule has 1 fully saturated rings. The summed E-state index contributed by atoms with van der Waals surface area (Å²) in [6, 6.07) is 0. The lowest BCUT2D eigenvalue weighted by Crippen LogP contribution is -2.23. The summed E-state index contributed by atoms with van der Waals surface area (Å²) >= 11 is 1.60. The van der Waals surface area contributed by atoms with Crippen LogP contribution in [0.5, 0.6) is 0 Å². The van der Waals surface area contributed by atoms with Crippen molar-refractivity contribution < 1.29 is 0 Å². The highest BCUT2D eigenvalue weighted by molar-refractivity contribution is 7.19. The van der Waals surface area contributed by atoms with Gasteiger partial charge in [0.1, 0.15) is 5.00 Å². The first kappa shape index (κ1) is 8.81. The van der Waals surface area contributed by atoms with E-state index >= 15 is 0 Å². The first-order valence-corrected chi connectivity index (χ1v) is 5.64. The third kappa shape index (κ3) is 2.12. The summed E-state index contributed by atoms with van der Waals surface area (Å²) in [5, 5.41) is 1.92. The number of aromatic nitrogens is 1. The maximum atomic E-state index is 5.65. The number of nitrogens with two attached hydrogens (primary N) is 1. The largest absolute Gasteiger partial charge is 0.389 e. The van der Waals surface area contributed by atoms with Crippen LogP contribution >= 0.6 is 11.3 Å². The third-order valence-corrected chi connectivity index (χ3v) is 3.28. The molecule has 1 aromatic rings. The number of rotatable bonds is 1. The number of hydrogen-bond acceptors (Lipinski definition) is 4. The van der Waals surface area contributed by atoms with E-state index in [4.69, 9.17) is 5.73 Å². The van der Waals surface area contributed by atoms with E-state index in [2.05, 4.69) is 9.88 Å². The Balaban J connectivity index is 2.06. The van der Waals surface area contributed by atoms with Gasteiger partial charge in [0.25, 0.3) is 0 Å². The molecule has 1 aliphatic heterocycles. The van der Waals surface area contributed by atoms with Gasteiger partial charge in [0.05, 0.1) is 6.20 Å². The zero-order valence-electron chi connectivity index (χ0n) is 7.70. The Morgan fingerprint density at radius 3 is 2.46 bits per heavy atom. The van der Waals surface area contributed by atoms with Crippen LogP contribution in [-0.4, -0.2) is 18.1 Å². The van der Waals surface area contributed by atoms with Crippen molar-refractivity contribution in [3.05, 3.63) is 6.20 Å². The predicted molar refractivity (Wildman–Crippen MR) is 57.2 cm³/mol. The fourth-order valence-electron chi connectivity index (χ4n) is 1.69. The minimum atomic E-state index is 0.819. The molecule has 0 radical (unpaired) electrons. The number of nitrogen functional groups attached to an aromatic ring is 1. The SMILES string of the molecule is Nc1cnc(N2CCCCCC2)s1. The van der Waals surface area contributed by atoms with E-state index in [1.807, 2.05) is 0 Å². The van der Waals surface area contributed by atoms with Crippen LogP contribution in [0.3, 0.4) is 0 Å². The average molecular weight is 197 g/mol. The van der Waals surface area contributed by atoms with Crippen molar-refractivity contribution in [3.8, 4) is 0 Å². The molecule has 1 aromatic heterocycles. The molecule has 2 N–H and O–H groups in total. The van der Waals surface area contributed by atoms with Crippen LogP contribution in [0.2, 0.25) is 0 Å². The smallest absolute Gasteiger partial charge is 0.187 e. The quantitative estimate of drug-likeness (QED) is 0.749. The third-order valence-electron chi connectivity index (χ3n) is 2.39. The van der Waals surface area contributed by atoms with Crippen LogP contribution in [0, 0.1) is 0 Å². The first-order chi connectivity index (χ1) is 6.36. The average Bonchev–Trinajstić information content (AvgIpc) is 2.43. The number of anilines is 2. The van der Waals surface area contributed by atoms with Gasteiger partial charge >= 0.3 is 0 Å². The van der Waals surface area contributed by atoms with Gasteiger partial charge in [-0.05, 0) is 12.8 Å². The predicted octanol–water partition coefficient (Wildman–Crippen LogP) is 2.11. The second kappa shape index (κ2) is 3.96.